The Morgan fingerprint density at radius 1 is 1.28 bits per heavy atom. The van der Waals surface area contributed by atoms with E-state index in [2.05, 4.69) is 0 Å². The van der Waals surface area contributed by atoms with Crippen LogP contribution in [0.15, 0.2) is 0 Å². The molecule has 0 aromatic rings. The average molecular weight is 249 g/mol. The second-order valence-electron chi connectivity index (χ2n) is 6.76. The molecule has 0 aliphatic carbocycles. The molecular weight excluding hydrogens is 225 g/mol. The zero-order valence-electron chi connectivity index (χ0n) is 12.4. The predicted octanol–water partition coefficient (Wildman–Crippen LogP) is 2.06. The van der Waals surface area contributed by atoms with Crippen molar-refractivity contribution >= 4 is 19.5 Å². The number of Topliss-reactive ketones (excluding diaryl/α,β-unsaturated/α-hetero) is 1. The molecule has 3 unspecified atom stereocenters. The molecule has 3 atom stereocenters. The summed E-state index contributed by atoms with van der Waals surface area (Å²) in [6.45, 7) is 11.9. The molecule has 1 saturated heterocycles. The first kappa shape index (κ1) is 15.3. The van der Waals surface area contributed by atoms with Crippen LogP contribution in [0.25, 0.3) is 0 Å². The maximum atomic E-state index is 12.4. The van der Waals surface area contributed by atoms with E-state index >= 15 is 0 Å². The molecule has 0 saturated carbocycles. The van der Waals surface area contributed by atoms with E-state index in [-0.39, 0.29) is 29.3 Å². The van der Waals surface area contributed by atoms with E-state index in [1.54, 1.807) is 4.90 Å². The third kappa shape index (κ3) is 2.78. The Balaban J connectivity index is 3.03. The highest BCUT2D eigenvalue weighted by molar-refractivity contribution is 6.16. The molecule has 4 heteroatoms. The van der Waals surface area contributed by atoms with E-state index in [4.69, 9.17) is 7.85 Å². The highest BCUT2D eigenvalue weighted by atomic mass is 16.2. The van der Waals surface area contributed by atoms with Gasteiger partial charge in [0.15, 0.2) is 5.78 Å². The van der Waals surface area contributed by atoms with Crippen LogP contribution in [-0.4, -0.2) is 37.0 Å². The number of hydrogen-bond donors (Lipinski definition) is 0. The second-order valence-corrected chi connectivity index (χ2v) is 6.76. The molecule has 0 aromatic heterocycles. The zero-order valence-corrected chi connectivity index (χ0v) is 12.4. The van der Waals surface area contributed by atoms with Crippen molar-refractivity contribution in [2.75, 3.05) is 6.54 Å². The van der Waals surface area contributed by atoms with Gasteiger partial charge >= 0.3 is 0 Å². The van der Waals surface area contributed by atoms with Gasteiger partial charge in [0, 0.05) is 17.9 Å². The molecule has 1 heterocycles. The fourth-order valence-corrected chi connectivity index (χ4v) is 2.39. The summed E-state index contributed by atoms with van der Waals surface area (Å²) in [7, 11) is 6.12. The van der Waals surface area contributed by atoms with Crippen molar-refractivity contribution in [2.45, 2.75) is 53.4 Å². The third-order valence-electron chi connectivity index (χ3n) is 3.61. The van der Waals surface area contributed by atoms with Gasteiger partial charge in [-0.2, -0.15) is 0 Å². The fraction of sp³-hybridized carbons (Fsp3) is 0.857. The molecule has 0 spiro atoms. The summed E-state index contributed by atoms with van der Waals surface area (Å²) in [4.78, 5) is 26.4. The largest absolute Gasteiger partial charge is 0.332 e. The van der Waals surface area contributed by atoms with Gasteiger partial charge in [-0.3, -0.25) is 9.59 Å². The molecule has 1 fully saturated rings. The van der Waals surface area contributed by atoms with Crippen LogP contribution in [0.4, 0.5) is 0 Å². The van der Waals surface area contributed by atoms with Gasteiger partial charge < -0.3 is 4.90 Å². The number of carbonyl (C=O) groups excluding carboxylic acids is 2. The van der Waals surface area contributed by atoms with Crippen molar-refractivity contribution in [2.24, 2.45) is 17.3 Å². The second kappa shape index (κ2) is 5.06. The molecule has 1 aliphatic heterocycles. The van der Waals surface area contributed by atoms with E-state index in [9.17, 15) is 9.59 Å². The minimum atomic E-state index is -0.473. The Hall–Kier alpha value is -0.795. The minimum Gasteiger partial charge on any atom is -0.332 e. The molecule has 18 heavy (non-hydrogen) atoms. The number of nitrogens with zero attached hydrogens (tertiary/aromatic N) is 1. The van der Waals surface area contributed by atoms with Gasteiger partial charge in [0.2, 0.25) is 5.91 Å². The molecule has 1 amide bonds. The lowest BCUT2D eigenvalue weighted by molar-refractivity contribution is -0.144. The lowest BCUT2D eigenvalue weighted by Gasteiger charge is -2.32. The Bertz CT molecular complexity index is 346. The number of hydrogen-bond acceptors (Lipinski definition) is 2. The highest BCUT2D eigenvalue weighted by Gasteiger charge is 2.45. The van der Waals surface area contributed by atoms with Crippen molar-refractivity contribution in [1.29, 1.82) is 0 Å². The van der Waals surface area contributed by atoms with Crippen LogP contribution in [0, 0.1) is 17.3 Å². The van der Waals surface area contributed by atoms with Gasteiger partial charge in [-0.1, -0.05) is 41.5 Å². The summed E-state index contributed by atoms with van der Waals surface area (Å²) in [6, 6.07) is -0.452. The summed E-state index contributed by atoms with van der Waals surface area (Å²) < 4.78 is 0. The maximum absolute atomic E-state index is 12.4. The summed E-state index contributed by atoms with van der Waals surface area (Å²) in [5, 5.41) is 0. The van der Waals surface area contributed by atoms with Crippen LogP contribution >= 0.6 is 0 Å². The quantitative estimate of drug-likeness (QED) is 0.702. The summed E-state index contributed by atoms with van der Waals surface area (Å²) >= 11 is 0. The maximum Gasteiger partial charge on any atom is 0.228 e. The van der Waals surface area contributed by atoms with Gasteiger partial charge in [0.05, 0.1) is 13.9 Å². The summed E-state index contributed by atoms with van der Waals surface area (Å²) in [6.07, 6.45) is 0. The molecule has 0 aromatic carbocycles. The normalized spacial score (nSPS) is 28.8. The molecule has 3 nitrogen and oxygen atoms in total. The molecule has 0 bridgehead atoms. The number of ketones is 1. The van der Waals surface area contributed by atoms with Crippen LogP contribution in [-0.2, 0) is 9.59 Å². The third-order valence-corrected chi connectivity index (χ3v) is 3.61. The Labute approximate surface area is 112 Å². The van der Waals surface area contributed by atoms with Crippen molar-refractivity contribution in [3.05, 3.63) is 0 Å². The molecular formula is C14H24BNO2. The van der Waals surface area contributed by atoms with Crippen molar-refractivity contribution in [3.63, 3.8) is 0 Å². The monoisotopic (exact) mass is 249 g/mol. The predicted molar refractivity (Wildman–Crippen MR) is 73.5 cm³/mol. The van der Waals surface area contributed by atoms with E-state index < -0.39 is 11.5 Å². The van der Waals surface area contributed by atoms with Gasteiger partial charge in [-0.05, 0) is 11.7 Å². The van der Waals surface area contributed by atoms with Crippen LogP contribution in [0.1, 0.15) is 41.5 Å². The molecule has 100 valence electrons. The smallest absolute Gasteiger partial charge is 0.228 e. The first-order valence-electron chi connectivity index (χ1n) is 6.67. The fourth-order valence-electron chi connectivity index (χ4n) is 2.39. The topological polar surface area (TPSA) is 37.4 Å². The standard InChI is InChI=1S/C14H24BNO2/c1-8(2)12(17)11-10(15)9(3)7-16(11)13(18)14(4,5)6/h8-11H,7H2,1-6H3. The Morgan fingerprint density at radius 2 is 1.78 bits per heavy atom. The van der Waals surface area contributed by atoms with E-state index in [1.807, 2.05) is 41.5 Å². The minimum absolute atomic E-state index is 0.0151. The zero-order chi connectivity index (χ0) is 14.2. The van der Waals surface area contributed by atoms with Crippen molar-refractivity contribution in [1.82, 2.24) is 4.90 Å². The summed E-state index contributed by atoms with van der Waals surface area (Å²) in [5.74, 6) is -0.0810. The van der Waals surface area contributed by atoms with Crippen molar-refractivity contribution in [3.8, 4) is 0 Å². The number of likely N-dealkylation sites (tertiary alicyclic amines) is 1. The van der Waals surface area contributed by atoms with E-state index in [1.165, 1.54) is 0 Å². The first-order valence-corrected chi connectivity index (χ1v) is 6.67. The van der Waals surface area contributed by atoms with Crippen LogP contribution in [0.2, 0.25) is 5.82 Å². The SMILES string of the molecule is [B]C1C(C)CN(C(=O)C(C)(C)C)C1C(=O)C(C)C. The first-order chi connectivity index (χ1) is 8.07. The average Bonchev–Trinajstić information content (AvgIpc) is 2.52. The van der Waals surface area contributed by atoms with Gasteiger partial charge in [0.1, 0.15) is 0 Å². The molecule has 2 radical (unpaired) electrons. The van der Waals surface area contributed by atoms with Crippen LogP contribution < -0.4 is 0 Å². The number of rotatable bonds is 2. The highest BCUT2D eigenvalue weighted by Crippen LogP contribution is 2.36. The number of amides is 1. The van der Waals surface area contributed by atoms with E-state index in [0.29, 0.717) is 6.54 Å². The summed E-state index contributed by atoms with van der Waals surface area (Å²) in [5.41, 5.74) is -0.473. The van der Waals surface area contributed by atoms with Gasteiger partial charge in [-0.15, -0.1) is 0 Å². The van der Waals surface area contributed by atoms with E-state index in [0.717, 1.165) is 0 Å². The van der Waals surface area contributed by atoms with Gasteiger partial charge in [-0.25, -0.2) is 0 Å². The van der Waals surface area contributed by atoms with Crippen molar-refractivity contribution < 1.29 is 9.59 Å². The Morgan fingerprint density at radius 3 is 2.17 bits per heavy atom. The van der Waals surface area contributed by atoms with Gasteiger partial charge in [0.25, 0.3) is 0 Å². The van der Waals surface area contributed by atoms with Crippen LogP contribution in [0.3, 0.4) is 0 Å². The molecule has 0 N–H and O–H groups in total. The molecule has 1 aliphatic rings. The molecule has 1 rings (SSSR count). The van der Waals surface area contributed by atoms with Crippen LogP contribution in [0.5, 0.6) is 0 Å². The lowest BCUT2D eigenvalue weighted by Crippen LogP contribution is -2.48. The Kier molecular flexibility index (Phi) is 4.29. The lowest BCUT2D eigenvalue weighted by atomic mass is 9.73. The number of carbonyl (C=O) groups is 2.